The number of hydrogen-bond donors (Lipinski definition) is 1. The number of aromatic nitrogens is 2. The summed E-state index contributed by atoms with van der Waals surface area (Å²) in [4.78, 5) is 30.3. The lowest BCUT2D eigenvalue weighted by Crippen LogP contribution is -2.38. The van der Waals surface area contributed by atoms with Gasteiger partial charge in [0, 0.05) is 25.9 Å². The van der Waals surface area contributed by atoms with Gasteiger partial charge in [-0.15, -0.1) is 0 Å². The lowest BCUT2D eigenvalue weighted by Gasteiger charge is -2.30. The smallest absolute Gasteiger partial charge is 0.292 e. The predicted octanol–water partition coefficient (Wildman–Crippen LogP) is 1.45. The van der Waals surface area contributed by atoms with E-state index in [-0.39, 0.29) is 23.4 Å². The van der Waals surface area contributed by atoms with E-state index in [9.17, 15) is 9.59 Å². The highest BCUT2D eigenvalue weighted by Crippen LogP contribution is 2.20. The van der Waals surface area contributed by atoms with Gasteiger partial charge in [-0.1, -0.05) is 35.5 Å². The molecule has 132 valence electrons. The van der Waals surface area contributed by atoms with Crippen molar-refractivity contribution in [1.29, 1.82) is 0 Å². The maximum absolute atomic E-state index is 12.6. The molecule has 0 radical (unpaired) electrons. The van der Waals surface area contributed by atoms with E-state index >= 15 is 0 Å². The molecule has 2 aromatic rings. The van der Waals surface area contributed by atoms with Gasteiger partial charge in [0.1, 0.15) is 5.78 Å². The van der Waals surface area contributed by atoms with E-state index in [0.717, 1.165) is 24.9 Å². The first-order valence-electron chi connectivity index (χ1n) is 8.49. The number of piperidine rings is 1. The number of nitrogens with one attached hydrogen (secondary N) is 1. The molecule has 7 nitrogen and oxygen atoms in total. The third-order valence-electron chi connectivity index (χ3n) is 4.44. The first kappa shape index (κ1) is 17.3. The summed E-state index contributed by atoms with van der Waals surface area (Å²) in [6.45, 7) is 2.02. The van der Waals surface area contributed by atoms with Gasteiger partial charge in [0.2, 0.25) is 5.89 Å². The number of likely N-dealkylation sites (tertiary alicyclic amines) is 1. The van der Waals surface area contributed by atoms with Crippen LogP contribution in [0.3, 0.4) is 0 Å². The molecule has 7 heteroatoms. The van der Waals surface area contributed by atoms with E-state index in [1.807, 2.05) is 30.3 Å². The van der Waals surface area contributed by atoms with Crippen LogP contribution in [0, 0.1) is 5.92 Å². The second-order valence-electron chi connectivity index (χ2n) is 6.29. The van der Waals surface area contributed by atoms with Crippen molar-refractivity contribution < 1.29 is 14.1 Å². The van der Waals surface area contributed by atoms with Crippen molar-refractivity contribution in [2.45, 2.75) is 25.8 Å². The Morgan fingerprint density at radius 1 is 1.32 bits per heavy atom. The van der Waals surface area contributed by atoms with Crippen LogP contribution in [-0.4, -0.2) is 46.9 Å². The van der Waals surface area contributed by atoms with Crippen molar-refractivity contribution >= 4 is 11.7 Å². The number of rotatable bonds is 6. The molecule has 1 aliphatic rings. The average Bonchev–Trinajstić information content (AvgIpc) is 3.10. The van der Waals surface area contributed by atoms with Gasteiger partial charge in [-0.25, -0.2) is 0 Å². The van der Waals surface area contributed by atoms with Gasteiger partial charge in [0.25, 0.3) is 11.7 Å². The molecule has 1 amide bonds. The van der Waals surface area contributed by atoms with Gasteiger partial charge in [-0.3, -0.25) is 14.5 Å². The maximum Gasteiger partial charge on any atom is 0.292 e. The summed E-state index contributed by atoms with van der Waals surface area (Å²) in [7, 11) is 1.52. The van der Waals surface area contributed by atoms with Gasteiger partial charge >= 0.3 is 0 Å². The van der Waals surface area contributed by atoms with Crippen LogP contribution in [0.4, 0.5) is 0 Å². The van der Waals surface area contributed by atoms with Crippen molar-refractivity contribution in [3.05, 3.63) is 47.6 Å². The number of Topliss-reactive ketones (excluding diaryl/α,β-unsaturated/α-hetero) is 1. The number of nitrogens with zero attached hydrogens (tertiary/aromatic N) is 3. The SMILES string of the molecule is CNC(=O)c1noc(CN2CCCC(C(=O)Cc3ccccc3)C2)n1. The predicted molar refractivity (Wildman–Crippen MR) is 90.8 cm³/mol. The zero-order valence-electron chi connectivity index (χ0n) is 14.3. The highest BCUT2D eigenvalue weighted by Gasteiger charge is 2.27. The molecule has 0 bridgehead atoms. The Hall–Kier alpha value is -2.54. The van der Waals surface area contributed by atoms with Crippen molar-refractivity contribution in [3.8, 4) is 0 Å². The molecule has 0 saturated carbocycles. The molecule has 1 saturated heterocycles. The van der Waals surface area contributed by atoms with Gasteiger partial charge in [-0.05, 0) is 24.9 Å². The molecule has 1 N–H and O–H groups in total. The van der Waals surface area contributed by atoms with Gasteiger partial charge in [0.05, 0.1) is 6.54 Å². The van der Waals surface area contributed by atoms with Crippen molar-refractivity contribution in [2.75, 3.05) is 20.1 Å². The van der Waals surface area contributed by atoms with Crippen LogP contribution < -0.4 is 5.32 Å². The minimum atomic E-state index is -0.371. The summed E-state index contributed by atoms with van der Waals surface area (Å²) < 4.78 is 5.13. The molecule has 1 fully saturated rings. The summed E-state index contributed by atoms with van der Waals surface area (Å²) in [6, 6.07) is 9.83. The van der Waals surface area contributed by atoms with E-state index in [0.29, 0.717) is 25.4 Å². The Bertz CT molecular complexity index is 729. The van der Waals surface area contributed by atoms with Crippen molar-refractivity contribution in [3.63, 3.8) is 0 Å². The van der Waals surface area contributed by atoms with E-state index < -0.39 is 0 Å². The number of amides is 1. The van der Waals surface area contributed by atoms with E-state index in [1.54, 1.807) is 0 Å². The Balaban J connectivity index is 1.56. The van der Waals surface area contributed by atoms with Crippen molar-refractivity contribution in [1.82, 2.24) is 20.4 Å². The van der Waals surface area contributed by atoms with Crippen LogP contribution in [0.5, 0.6) is 0 Å². The Morgan fingerprint density at radius 2 is 2.12 bits per heavy atom. The molecular formula is C18H22N4O3. The topological polar surface area (TPSA) is 88.3 Å². The molecule has 3 rings (SSSR count). The fourth-order valence-corrected chi connectivity index (χ4v) is 3.12. The quantitative estimate of drug-likeness (QED) is 0.855. The molecule has 25 heavy (non-hydrogen) atoms. The molecule has 0 spiro atoms. The molecule has 2 heterocycles. The average molecular weight is 342 g/mol. The second kappa shape index (κ2) is 8.02. The minimum Gasteiger partial charge on any atom is -0.352 e. The highest BCUT2D eigenvalue weighted by atomic mass is 16.5. The molecule has 1 aromatic heterocycles. The highest BCUT2D eigenvalue weighted by molar-refractivity contribution is 5.89. The molecular weight excluding hydrogens is 320 g/mol. The van der Waals surface area contributed by atoms with Gasteiger partial charge < -0.3 is 9.84 Å². The number of ketones is 1. The van der Waals surface area contributed by atoms with Crippen LogP contribution in [0.15, 0.2) is 34.9 Å². The summed E-state index contributed by atoms with van der Waals surface area (Å²) in [5.74, 6) is 0.355. The van der Waals surface area contributed by atoms with E-state index in [1.165, 1.54) is 7.05 Å². The maximum atomic E-state index is 12.6. The first-order chi connectivity index (χ1) is 12.2. The van der Waals surface area contributed by atoms with Crippen LogP contribution in [0.2, 0.25) is 0 Å². The molecule has 1 unspecified atom stereocenters. The standard InChI is InChI=1S/C18H22N4O3/c1-19-18(24)17-20-16(25-21-17)12-22-9-5-8-14(11-22)15(23)10-13-6-3-2-4-7-13/h2-4,6-7,14H,5,8-12H2,1H3,(H,19,24). The molecule has 1 aromatic carbocycles. The third kappa shape index (κ3) is 4.51. The monoisotopic (exact) mass is 342 g/mol. The van der Waals surface area contributed by atoms with Crippen LogP contribution in [-0.2, 0) is 17.8 Å². The fourth-order valence-electron chi connectivity index (χ4n) is 3.12. The van der Waals surface area contributed by atoms with Crippen LogP contribution in [0.25, 0.3) is 0 Å². The third-order valence-corrected chi connectivity index (χ3v) is 4.44. The Labute approximate surface area is 146 Å². The van der Waals surface area contributed by atoms with Crippen LogP contribution in [0.1, 0.15) is 34.9 Å². The molecule has 1 atom stereocenters. The second-order valence-corrected chi connectivity index (χ2v) is 6.29. The molecule has 0 aliphatic carbocycles. The zero-order valence-corrected chi connectivity index (χ0v) is 14.3. The summed E-state index contributed by atoms with van der Waals surface area (Å²) in [6.07, 6.45) is 2.35. The zero-order chi connectivity index (χ0) is 17.6. The van der Waals surface area contributed by atoms with Gasteiger partial charge in [-0.2, -0.15) is 4.98 Å². The van der Waals surface area contributed by atoms with Crippen LogP contribution >= 0.6 is 0 Å². The number of carbonyl (C=O) groups excluding carboxylic acids is 2. The Morgan fingerprint density at radius 3 is 2.88 bits per heavy atom. The summed E-state index contributed by atoms with van der Waals surface area (Å²) in [5.41, 5.74) is 1.05. The summed E-state index contributed by atoms with van der Waals surface area (Å²) >= 11 is 0. The normalized spacial score (nSPS) is 18.0. The summed E-state index contributed by atoms with van der Waals surface area (Å²) in [5, 5.41) is 6.13. The van der Waals surface area contributed by atoms with Crippen molar-refractivity contribution in [2.24, 2.45) is 5.92 Å². The largest absolute Gasteiger partial charge is 0.352 e. The lowest BCUT2D eigenvalue weighted by molar-refractivity contribution is -0.124. The van der Waals surface area contributed by atoms with Gasteiger partial charge in [0.15, 0.2) is 0 Å². The number of hydrogen-bond acceptors (Lipinski definition) is 6. The number of benzene rings is 1. The Kier molecular flexibility index (Phi) is 5.55. The lowest BCUT2D eigenvalue weighted by atomic mass is 9.90. The number of carbonyl (C=O) groups is 2. The fraction of sp³-hybridized carbons (Fsp3) is 0.444. The minimum absolute atomic E-state index is 0.0234. The van der Waals surface area contributed by atoms with E-state index in [4.69, 9.17) is 4.52 Å². The van der Waals surface area contributed by atoms with E-state index in [2.05, 4.69) is 20.4 Å². The molecule has 1 aliphatic heterocycles. The first-order valence-corrected chi connectivity index (χ1v) is 8.49.